The van der Waals surface area contributed by atoms with E-state index >= 15 is 0 Å². The minimum absolute atomic E-state index is 0.0117. The lowest BCUT2D eigenvalue weighted by atomic mass is 9.43. The number of fused-ring (bicyclic) bond motifs is 2. The van der Waals surface area contributed by atoms with Crippen LogP contribution >= 0.6 is 0 Å². The fraction of sp³-hybridized carbons (Fsp3) is 0.786. The zero-order valence-corrected chi connectivity index (χ0v) is 21.0. The van der Waals surface area contributed by atoms with Crippen LogP contribution in [0.25, 0.3) is 0 Å². The number of ether oxygens (including phenoxy) is 2. The van der Waals surface area contributed by atoms with Crippen LogP contribution in [0.3, 0.4) is 0 Å². The van der Waals surface area contributed by atoms with E-state index in [0.717, 1.165) is 37.7 Å². The van der Waals surface area contributed by atoms with Gasteiger partial charge in [-0.1, -0.05) is 44.8 Å². The molecule has 3 saturated carbocycles. The SMILES string of the molecule is C#CCN1C[C@H](OCC23C[C@@H]4[C@H](C)CC[C@H]4[C@@]4(C=O)C[C@@H]2C=C(C(C)C)[C@@]34C(=O)O)O[C@H](C)C1. The molecule has 9 atom stereocenters. The third-order valence-electron chi connectivity index (χ3n) is 10.3. The lowest BCUT2D eigenvalue weighted by Crippen LogP contribution is -2.64. The predicted molar refractivity (Wildman–Crippen MR) is 128 cm³/mol. The summed E-state index contributed by atoms with van der Waals surface area (Å²) in [6, 6.07) is 0. The van der Waals surface area contributed by atoms with Gasteiger partial charge in [-0.15, -0.1) is 6.42 Å². The summed E-state index contributed by atoms with van der Waals surface area (Å²) in [5.74, 6) is 2.94. The van der Waals surface area contributed by atoms with Crippen LogP contribution in [0.1, 0.15) is 53.4 Å². The number of aliphatic carboxylic acids is 1. The van der Waals surface area contributed by atoms with Crippen LogP contribution in [-0.2, 0) is 19.1 Å². The first-order valence-corrected chi connectivity index (χ1v) is 13.0. The fourth-order valence-electron chi connectivity index (χ4n) is 9.22. The van der Waals surface area contributed by atoms with Crippen molar-refractivity contribution in [2.45, 2.75) is 65.8 Å². The Balaban J connectivity index is 1.55. The van der Waals surface area contributed by atoms with Crippen LogP contribution in [0.2, 0.25) is 0 Å². The summed E-state index contributed by atoms with van der Waals surface area (Å²) in [5, 5.41) is 11.0. The zero-order chi connectivity index (χ0) is 24.5. The van der Waals surface area contributed by atoms with Crippen molar-refractivity contribution >= 4 is 12.3 Å². The highest BCUT2D eigenvalue weighted by molar-refractivity contribution is 5.90. The van der Waals surface area contributed by atoms with Crippen LogP contribution in [0.5, 0.6) is 0 Å². The Morgan fingerprint density at radius 1 is 1.35 bits per heavy atom. The highest BCUT2D eigenvalue weighted by atomic mass is 16.7. The quantitative estimate of drug-likeness (QED) is 0.349. The maximum absolute atomic E-state index is 13.5. The Kier molecular flexibility index (Phi) is 5.78. The van der Waals surface area contributed by atoms with Crippen LogP contribution in [0.15, 0.2) is 11.6 Å². The number of morpholine rings is 1. The molecule has 186 valence electrons. The maximum atomic E-state index is 13.5. The number of rotatable bonds is 7. The molecule has 0 spiro atoms. The molecule has 6 heteroatoms. The van der Waals surface area contributed by atoms with E-state index in [9.17, 15) is 14.7 Å². The number of hydrogen-bond donors (Lipinski definition) is 1. The average Bonchev–Trinajstić information content (AvgIpc) is 3.35. The van der Waals surface area contributed by atoms with Crippen LogP contribution in [0, 0.1) is 58.2 Å². The minimum Gasteiger partial charge on any atom is -0.481 e. The van der Waals surface area contributed by atoms with Crippen molar-refractivity contribution in [2.24, 2.45) is 45.8 Å². The molecule has 1 unspecified atom stereocenters. The summed E-state index contributed by atoms with van der Waals surface area (Å²) < 4.78 is 12.6. The molecule has 1 saturated heterocycles. The van der Waals surface area contributed by atoms with E-state index in [-0.39, 0.29) is 23.9 Å². The Morgan fingerprint density at radius 3 is 2.76 bits per heavy atom. The van der Waals surface area contributed by atoms with Crippen molar-refractivity contribution in [2.75, 3.05) is 26.2 Å². The van der Waals surface area contributed by atoms with E-state index in [1.54, 1.807) is 0 Å². The summed E-state index contributed by atoms with van der Waals surface area (Å²) in [7, 11) is 0. The molecule has 0 aromatic rings. The van der Waals surface area contributed by atoms with Crippen LogP contribution in [-0.4, -0.2) is 60.9 Å². The molecule has 4 fully saturated rings. The normalized spacial score (nSPS) is 47.4. The molecule has 1 N–H and O–H groups in total. The van der Waals surface area contributed by atoms with Gasteiger partial charge in [0.1, 0.15) is 11.7 Å². The number of carbonyl (C=O) groups is 2. The average molecular weight is 470 g/mol. The van der Waals surface area contributed by atoms with Crippen molar-refractivity contribution < 1.29 is 24.2 Å². The molecule has 34 heavy (non-hydrogen) atoms. The minimum atomic E-state index is -1.20. The first-order chi connectivity index (χ1) is 16.2. The largest absolute Gasteiger partial charge is 0.481 e. The van der Waals surface area contributed by atoms with Crippen LogP contribution in [0.4, 0.5) is 0 Å². The second-order valence-corrected chi connectivity index (χ2v) is 12.1. The standard InChI is InChI=1S/C28H39NO5/c1-6-9-29-13-19(5)34-24(14-29)33-16-27-12-21-18(4)7-8-22(21)26(15-30)11-20(27)10-23(17(2)3)28(26,27)25(31)32/h1,10,15,17-22,24H,7-9,11-14,16H2,2-5H3,(H,31,32)/t18-,19-,20+,21-,22-,24-,26+,27?,28+/m1/s1. The van der Waals surface area contributed by atoms with Gasteiger partial charge in [-0.25, -0.2) is 0 Å². The molecular weight excluding hydrogens is 430 g/mol. The highest BCUT2D eigenvalue weighted by Gasteiger charge is 2.84. The van der Waals surface area contributed by atoms with Crippen LogP contribution < -0.4 is 0 Å². The molecule has 5 rings (SSSR count). The van der Waals surface area contributed by atoms with Gasteiger partial charge in [0.05, 0.1) is 31.2 Å². The molecule has 0 radical (unpaired) electrons. The molecular formula is C28H39NO5. The zero-order valence-electron chi connectivity index (χ0n) is 21.0. The number of aldehydes is 1. The molecule has 1 aliphatic heterocycles. The lowest BCUT2D eigenvalue weighted by Gasteiger charge is -2.58. The maximum Gasteiger partial charge on any atom is 0.315 e. The Hall–Kier alpha value is -1.68. The molecule has 6 nitrogen and oxygen atoms in total. The van der Waals surface area contributed by atoms with Gasteiger partial charge >= 0.3 is 5.97 Å². The second kappa shape index (κ2) is 8.18. The topological polar surface area (TPSA) is 76.1 Å². The molecule has 0 aromatic carbocycles. The second-order valence-electron chi connectivity index (χ2n) is 12.1. The lowest BCUT2D eigenvalue weighted by molar-refractivity contribution is -0.235. The first-order valence-electron chi connectivity index (χ1n) is 13.0. The van der Waals surface area contributed by atoms with E-state index in [1.165, 1.54) is 0 Å². The fourth-order valence-corrected chi connectivity index (χ4v) is 9.22. The van der Waals surface area contributed by atoms with E-state index < -0.39 is 28.5 Å². The van der Waals surface area contributed by atoms with Gasteiger partial charge in [0.25, 0.3) is 0 Å². The summed E-state index contributed by atoms with van der Waals surface area (Å²) in [6.45, 7) is 10.6. The molecule has 0 aromatic heterocycles. The number of nitrogens with zero attached hydrogens (tertiary/aromatic N) is 1. The third kappa shape index (κ3) is 2.87. The molecule has 1 heterocycles. The molecule has 5 aliphatic rings. The summed E-state index contributed by atoms with van der Waals surface area (Å²) in [6.07, 6.45) is 11.8. The molecule has 4 aliphatic carbocycles. The van der Waals surface area contributed by atoms with Gasteiger partial charge in [-0.05, 0) is 55.8 Å². The summed E-state index contributed by atoms with van der Waals surface area (Å²) >= 11 is 0. The Morgan fingerprint density at radius 2 is 2.12 bits per heavy atom. The van der Waals surface area contributed by atoms with Crippen molar-refractivity contribution in [3.63, 3.8) is 0 Å². The number of terminal acetylenes is 1. The monoisotopic (exact) mass is 469 g/mol. The van der Waals surface area contributed by atoms with Gasteiger partial charge < -0.3 is 19.4 Å². The first kappa shape index (κ1) is 24.0. The highest BCUT2D eigenvalue weighted by Crippen LogP contribution is 2.82. The van der Waals surface area contributed by atoms with E-state index in [0.29, 0.717) is 38.0 Å². The smallest absolute Gasteiger partial charge is 0.315 e. The van der Waals surface area contributed by atoms with Gasteiger partial charge in [0.15, 0.2) is 6.29 Å². The van der Waals surface area contributed by atoms with Gasteiger partial charge in [0.2, 0.25) is 0 Å². The van der Waals surface area contributed by atoms with Crippen molar-refractivity contribution in [1.29, 1.82) is 0 Å². The summed E-state index contributed by atoms with van der Waals surface area (Å²) in [4.78, 5) is 28.7. The predicted octanol–water partition coefficient (Wildman–Crippen LogP) is 3.61. The third-order valence-corrected chi connectivity index (χ3v) is 10.3. The molecule has 0 amide bonds. The van der Waals surface area contributed by atoms with E-state index in [2.05, 4.69) is 37.7 Å². The Labute approximate surface area is 203 Å². The number of hydrogen-bond acceptors (Lipinski definition) is 5. The Bertz CT molecular complexity index is 938. The van der Waals surface area contributed by atoms with Gasteiger partial charge in [-0.3, -0.25) is 9.69 Å². The van der Waals surface area contributed by atoms with Crippen molar-refractivity contribution in [3.05, 3.63) is 11.6 Å². The van der Waals surface area contributed by atoms with Crippen molar-refractivity contribution in [3.8, 4) is 12.3 Å². The van der Waals surface area contributed by atoms with Gasteiger partial charge in [-0.2, -0.15) is 0 Å². The molecule has 4 bridgehead atoms. The number of carbonyl (C=O) groups excluding carboxylic acids is 1. The number of carboxylic acids is 1. The number of carboxylic acid groups (broad SMARTS) is 1. The summed E-state index contributed by atoms with van der Waals surface area (Å²) in [5.41, 5.74) is -1.74. The van der Waals surface area contributed by atoms with E-state index in [1.807, 2.05) is 6.92 Å². The van der Waals surface area contributed by atoms with Gasteiger partial charge in [0, 0.05) is 12.0 Å². The van der Waals surface area contributed by atoms with E-state index in [4.69, 9.17) is 15.9 Å². The number of allylic oxidation sites excluding steroid dienone is 1. The van der Waals surface area contributed by atoms with Crippen molar-refractivity contribution in [1.82, 2.24) is 4.90 Å².